The lowest BCUT2D eigenvalue weighted by molar-refractivity contribution is -0.137. The molecule has 9 heteroatoms. The average molecular weight is 418 g/mol. The highest BCUT2D eigenvalue weighted by molar-refractivity contribution is 5.90. The minimum absolute atomic E-state index is 0.0499. The van der Waals surface area contributed by atoms with Crippen LogP contribution in [0, 0.1) is 0 Å². The van der Waals surface area contributed by atoms with E-state index in [1.54, 1.807) is 18.2 Å². The number of halogens is 3. The summed E-state index contributed by atoms with van der Waals surface area (Å²) < 4.78 is 46.9. The first-order valence-electron chi connectivity index (χ1n) is 9.84. The molecule has 1 amide bonds. The number of ether oxygens (including phenoxy) is 1. The molecule has 4 rings (SSSR count). The SMILES string of the molecule is O=C(COC1CCCCC1)Nc1nc2ccc(-c3ccccc3C(F)(F)F)cn2n1. The molecule has 1 fully saturated rings. The first kappa shape index (κ1) is 20.3. The van der Waals surface area contributed by atoms with Crippen molar-refractivity contribution in [3.63, 3.8) is 0 Å². The van der Waals surface area contributed by atoms with Gasteiger partial charge in [-0.2, -0.15) is 18.2 Å². The van der Waals surface area contributed by atoms with Gasteiger partial charge in [0.25, 0.3) is 5.91 Å². The maximum Gasteiger partial charge on any atom is 0.417 e. The van der Waals surface area contributed by atoms with Gasteiger partial charge in [0.1, 0.15) is 6.61 Å². The molecule has 30 heavy (non-hydrogen) atoms. The van der Waals surface area contributed by atoms with Crippen molar-refractivity contribution in [2.75, 3.05) is 11.9 Å². The van der Waals surface area contributed by atoms with Crippen molar-refractivity contribution in [1.29, 1.82) is 0 Å². The van der Waals surface area contributed by atoms with Gasteiger partial charge in [0.05, 0.1) is 11.7 Å². The minimum atomic E-state index is -4.47. The summed E-state index contributed by atoms with van der Waals surface area (Å²) in [7, 11) is 0. The standard InChI is InChI=1S/C21H21F3N4O2/c22-21(23,24)17-9-5-4-8-16(17)14-10-11-18-25-20(27-28(18)12-14)26-19(29)13-30-15-6-2-1-3-7-15/h4-5,8-12,15H,1-3,6-7,13H2,(H,26,27,29). The van der Waals surface area contributed by atoms with E-state index in [-0.39, 0.29) is 30.1 Å². The van der Waals surface area contributed by atoms with Gasteiger partial charge >= 0.3 is 6.18 Å². The van der Waals surface area contributed by atoms with Gasteiger partial charge in [0, 0.05) is 11.8 Å². The van der Waals surface area contributed by atoms with Crippen molar-refractivity contribution in [3.05, 3.63) is 48.2 Å². The topological polar surface area (TPSA) is 68.5 Å². The highest BCUT2D eigenvalue weighted by atomic mass is 19.4. The fraction of sp³-hybridized carbons (Fsp3) is 0.381. The normalized spacial score (nSPS) is 15.4. The summed E-state index contributed by atoms with van der Waals surface area (Å²) in [6.45, 7) is -0.0789. The summed E-state index contributed by atoms with van der Waals surface area (Å²) in [5.74, 6) is -0.285. The van der Waals surface area contributed by atoms with Crippen LogP contribution in [0.5, 0.6) is 0 Å². The lowest BCUT2D eigenvalue weighted by Crippen LogP contribution is -2.25. The summed E-state index contributed by atoms with van der Waals surface area (Å²) in [5.41, 5.74) is 0.0808. The Hall–Kier alpha value is -2.94. The second-order valence-corrected chi connectivity index (χ2v) is 7.32. The molecule has 2 aromatic heterocycles. The van der Waals surface area contributed by atoms with Crippen LogP contribution in [0.15, 0.2) is 42.6 Å². The molecule has 1 aliphatic rings. The molecule has 0 spiro atoms. The Balaban J connectivity index is 1.49. The van der Waals surface area contributed by atoms with Crippen LogP contribution in [0.4, 0.5) is 19.1 Å². The number of benzene rings is 1. The van der Waals surface area contributed by atoms with E-state index in [4.69, 9.17) is 4.74 Å². The van der Waals surface area contributed by atoms with Crippen molar-refractivity contribution in [3.8, 4) is 11.1 Å². The van der Waals surface area contributed by atoms with E-state index < -0.39 is 11.7 Å². The molecule has 0 saturated heterocycles. The van der Waals surface area contributed by atoms with Crippen LogP contribution >= 0.6 is 0 Å². The average Bonchev–Trinajstić information content (AvgIpc) is 3.13. The third-order valence-electron chi connectivity index (χ3n) is 5.13. The number of carbonyl (C=O) groups is 1. The van der Waals surface area contributed by atoms with E-state index in [0.717, 1.165) is 31.7 Å². The number of rotatable bonds is 5. The summed E-state index contributed by atoms with van der Waals surface area (Å²) in [6, 6.07) is 8.46. The number of fused-ring (bicyclic) bond motifs is 1. The van der Waals surface area contributed by atoms with Crippen molar-refractivity contribution < 1.29 is 22.7 Å². The number of alkyl halides is 3. The van der Waals surface area contributed by atoms with E-state index in [1.165, 1.54) is 29.3 Å². The Morgan fingerprint density at radius 3 is 2.67 bits per heavy atom. The van der Waals surface area contributed by atoms with E-state index in [0.29, 0.717) is 11.2 Å². The van der Waals surface area contributed by atoms with Crippen molar-refractivity contribution in [1.82, 2.24) is 14.6 Å². The number of pyridine rings is 1. The number of hydrogen-bond acceptors (Lipinski definition) is 4. The van der Waals surface area contributed by atoms with Crippen molar-refractivity contribution >= 4 is 17.5 Å². The van der Waals surface area contributed by atoms with Gasteiger partial charge in [-0.1, -0.05) is 37.5 Å². The molecular weight excluding hydrogens is 397 g/mol. The highest BCUT2D eigenvalue weighted by Gasteiger charge is 2.33. The molecule has 0 bridgehead atoms. The molecule has 2 heterocycles. The van der Waals surface area contributed by atoms with Crippen molar-refractivity contribution in [2.24, 2.45) is 0 Å². The smallest absolute Gasteiger partial charge is 0.368 e. The van der Waals surface area contributed by atoms with Crippen molar-refractivity contribution in [2.45, 2.75) is 44.4 Å². The molecule has 6 nitrogen and oxygen atoms in total. The van der Waals surface area contributed by atoms with Crippen LogP contribution in [0.25, 0.3) is 16.8 Å². The minimum Gasteiger partial charge on any atom is -0.368 e. The molecular formula is C21H21F3N4O2. The third-order valence-corrected chi connectivity index (χ3v) is 5.13. The van der Waals surface area contributed by atoms with Crippen LogP contribution in [0.1, 0.15) is 37.7 Å². The molecule has 0 atom stereocenters. The molecule has 3 aromatic rings. The van der Waals surface area contributed by atoms with Crippen LogP contribution in [-0.4, -0.2) is 33.2 Å². The van der Waals surface area contributed by atoms with Gasteiger partial charge in [-0.25, -0.2) is 4.52 Å². The summed E-state index contributed by atoms with van der Waals surface area (Å²) in [6.07, 6.45) is 2.44. The highest BCUT2D eigenvalue weighted by Crippen LogP contribution is 2.36. The fourth-order valence-corrected chi connectivity index (χ4v) is 3.66. The van der Waals surface area contributed by atoms with Crippen LogP contribution in [-0.2, 0) is 15.7 Å². The number of anilines is 1. The molecule has 1 saturated carbocycles. The van der Waals surface area contributed by atoms with Gasteiger partial charge < -0.3 is 4.74 Å². The predicted octanol–water partition coefficient (Wildman–Crippen LogP) is 4.70. The first-order valence-corrected chi connectivity index (χ1v) is 9.84. The van der Waals surface area contributed by atoms with Gasteiger partial charge in [-0.3, -0.25) is 10.1 Å². The first-order chi connectivity index (χ1) is 14.4. The maximum atomic E-state index is 13.3. The number of nitrogens with zero attached hydrogens (tertiary/aromatic N) is 3. The van der Waals surface area contributed by atoms with E-state index in [2.05, 4.69) is 15.4 Å². The van der Waals surface area contributed by atoms with Gasteiger partial charge in [-0.05, 0) is 36.6 Å². The maximum absolute atomic E-state index is 13.3. The van der Waals surface area contributed by atoms with Gasteiger partial charge in [0.15, 0.2) is 5.65 Å². The largest absolute Gasteiger partial charge is 0.417 e. The number of aromatic nitrogens is 3. The monoisotopic (exact) mass is 418 g/mol. The van der Waals surface area contributed by atoms with E-state index in [9.17, 15) is 18.0 Å². The molecule has 0 radical (unpaired) electrons. The van der Waals surface area contributed by atoms with Crippen LogP contribution < -0.4 is 5.32 Å². The fourth-order valence-electron chi connectivity index (χ4n) is 3.66. The zero-order valence-electron chi connectivity index (χ0n) is 16.2. The van der Waals surface area contributed by atoms with Crippen LogP contribution in [0.2, 0.25) is 0 Å². The lowest BCUT2D eigenvalue weighted by atomic mass is 9.98. The molecule has 0 unspecified atom stereocenters. The summed E-state index contributed by atoms with van der Waals surface area (Å²) >= 11 is 0. The lowest BCUT2D eigenvalue weighted by Gasteiger charge is -2.21. The predicted molar refractivity (Wildman–Crippen MR) is 105 cm³/mol. The Morgan fingerprint density at radius 1 is 1.13 bits per heavy atom. The number of nitrogens with one attached hydrogen (secondary N) is 1. The number of amides is 1. The molecule has 158 valence electrons. The Bertz CT molecular complexity index is 1040. The second kappa shape index (κ2) is 8.43. The molecule has 1 aliphatic carbocycles. The van der Waals surface area contributed by atoms with E-state index >= 15 is 0 Å². The second-order valence-electron chi connectivity index (χ2n) is 7.32. The number of carbonyl (C=O) groups excluding carboxylic acids is 1. The molecule has 1 aromatic carbocycles. The Morgan fingerprint density at radius 2 is 1.90 bits per heavy atom. The third kappa shape index (κ3) is 4.62. The molecule has 0 aliphatic heterocycles. The van der Waals surface area contributed by atoms with Gasteiger partial charge in [-0.15, -0.1) is 5.10 Å². The molecule has 1 N–H and O–H groups in total. The number of hydrogen-bond donors (Lipinski definition) is 1. The van der Waals surface area contributed by atoms with E-state index in [1.807, 2.05) is 0 Å². The summed E-state index contributed by atoms with van der Waals surface area (Å²) in [5, 5.41) is 6.74. The summed E-state index contributed by atoms with van der Waals surface area (Å²) in [4.78, 5) is 16.3. The zero-order valence-corrected chi connectivity index (χ0v) is 16.2. The van der Waals surface area contributed by atoms with Gasteiger partial charge in [0.2, 0.25) is 5.95 Å². The quantitative estimate of drug-likeness (QED) is 0.652. The Kier molecular flexibility index (Phi) is 5.72. The van der Waals surface area contributed by atoms with Crippen LogP contribution in [0.3, 0.4) is 0 Å². The Labute approximate surface area is 171 Å². The zero-order chi connectivity index (χ0) is 21.1.